The number of hydrogen-bond acceptors (Lipinski definition) is 3. The van der Waals surface area contributed by atoms with E-state index >= 15 is 0 Å². The zero-order valence-electron chi connectivity index (χ0n) is 10.8. The number of urea groups is 1. The molecule has 2 amide bonds. The van der Waals surface area contributed by atoms with Gasteiger partial charge in [-0.3, -0.25) is 4.98 Å². The van der Waals surface area contributed by atoms with Gasteiger partial charge in [0.2, 0.25) is 0 Å². The Labute approximate surface area is 130 Å². The van der Waals surface area contributed by atoms with Gasteiger partial charge in [-0.15, -0.1) is 0 Å². The monoisotopic (exact) mass is 380 g/mol. The molecule has 0 aliphatic rings. The number of amides is 2. The minimum Gasteiger partial charge on any atom is -0.307 e. The molecule has 0 aliphatic carbocycles. The Morgan fingerprint density at radius 3 is 2.60 bits per heavy atom. The number of benzene rings is 1. The van der Waals surface area contributed by atoms with Gasteiger partial charge >= 0.3 is 6.03 Å². The van der Waals surface area contributed by atoms with Crippen molar-refractivity contribution in [3.05, 3.63) is 57.9 Å². The summed E-state index contributed by atoms with van der Waals surface area (Å²) in [6.07, 6.45) is 1.68. The van der Waals surface area contributed by atoms with E-state index in [2.05, 4.69) is 43.4 Å². The van der Waals surface area contributed by atoms with E-state index in [4.69, 9.17) is 0 Å². The fraction of sp³-hybridized carbons (Fsp3) is 0.0714. The second-order valence-electron chi connectivity index (χ2n) is 3.99. The van der Waals surface area contributed by atoms with Crippen LogP contribution in [0.3, 0.4) is 0 Å². The van der Waals surface area contributed by atoms with E-state index < -0.39 is 0 Å². The van der Waals surface area contributed by atoms with Gasteiger partial charge < -0.3 is 5.32 Å². The number of rotatable bonds is 3. The quantitative estimate of drug-likeness (QED) is 0.488. The molecule has 1 aromatic heterocycles. The maximum atomic E-state index is 11.7. The minimum absolute atomic E-state index is 0.388. The van der Waals surface area contributed by atoms with Gasteiger partial charge in [-0.05, 0) is 65.9 Å². The van der Waals surface area contributed by atoms with E-state index in [-0.39, 0.29) is 6.03 Å². The molecule has 20 heavy (non-hydrogen) atoms. The van der Waals surface area contributed by atoms with Crippen molar-refractivity contribution >= 4 is 40.0 Å². The molecule has 0 saturated heterocycles. The predicted octanol–water partition coefficient (Wildman–Crippen LogP) is 3.23. The summed E-state index contributed by atoms with van der Waals surface area (Å²) >= 11 is 2.20. The zero-order chi connectivity index (χ0) is 14.4. The van der Waals surface area contributed by atoms with Crippen LogP contribution in [-0.4, -0.2) is 16.7 Å². The van der Waals surface area contributed by atoms with Crippen LogP contribution < -0.4 is 10.7 Å². The van der Waals surface area contributed by atoms with Crippen LogP contribution in [0.15, 0.2) is 53.8 Å². The summed E-state index contributed by atoms with van der Waals surface area (Å²) in [4.78, 5) is 15.8. The molecule has 2 rings (SSSR count). The van der Waals surface area contributed by atoms with Crippen molar-refractivity contribution in [3.8, 4) is 0 Å². The third-order valence-electron chi connectivity index (χ3n) is 2.46. The van der Waals surface area contributed by atoms with Gasteiger partial charge in [-0.25, -0.2) is 10.2 Å². The van der Waals surface area contributed by atoms with E-state index in [1.807, 2.05) is 42.5 Å². The Balaban J connectivity index is 1.93. The average Bonchev–Trinajstić information content (AvgIpc) is 2.48. The molecule has 1 heterocycles. The van der Waals surface area contributed by atoms with Gasteiger partial charge in [0.1, 0.15) is 0 Å². The van der Waals surface area contributed by atoms with Crippen molar-refractivity contribution in [1.82, 2.24) is 10.4 Å². The Hall–Kier alpha value is -1.96. The molecule has 0 aliphatic heterocycles. The highest BCUT2D eigenvalue weighted by molar-refractivity contribution is 14.1. The number of aromatic nitrogens is 1. The molecule has 0 saturated carbocycles. The Morgan fingerprint density at radius 2 is 1.95 bits per heavy atom. The number of carbonyl (C=O) groups is 1. The second kappa shape index (κ2) is 6.99. The van der Waals surface area contributed by atoms with Gasteiger partial charge in [-0.2, -0.15) is 5.10 Å². The number of anilines is 1. The number of carbonyl (C=O) groups excluding carboxylic acids is 1. The van der Waals surface area contributed by atoms with Crippen molar-refractivity contribution in [2.75, 3.05) is 5.32 Å². The number of nitrogens with zero attached hydrogens (tertiary/aromatic N) is 2. The van der Waals surface area contributed by atoms with Crippen molar-refractivity contribution in [2.45, 2.75) is 6.92 Å². The van der Waals surface area contributed by atoms with Gasteiger partial charge in [0.25, 0.3) is 0 Å². The van der Waals surface area contributed by atoms with Gasteiger partial charge in [0.05, 0.1) is 11.4 Å². The molecule has 0 spiro atoms. The van der Waals surface area contributed by atoms with Crippen LogP contribution in [0.4, 0.5) is 10.5 Å². The first-order valence-corrected chi connectivity index (χ1v) is 7.01. The summed E-state index contributed by atoms with van der Waals surface area (Å²) in [5.41, 5.74) is 4.52. The number of hydrazone groups is 1. The number of nitrogens with one attached hydrogen (secondary N) is 2. The average molecular weight is 380 g/mol. The highest BCUT2D eigenvalue weighted by atomic mass is 127. The van der Waals surface area contributed by atoms with E-state index in [9.17, 15) is 4.79 Å². The van der Waals surface area contributed by atoms with Gasteiger partial charge in [0, 0.05) is 15.5 Å². The molecule has 0 unspecified atom stereocenters. The Bertz CT molecular complexity index is 611. The first-order chi connectivity index (χ1) is 9.65. The van der Waals surface area contributed by atoms with Gasteiger partial charge in [-0.1, -0.05) is 6.07 Å². The summed E-state index contributed by atoms with van der Waals surface area (Å²) in [6.45, 7) is 1.79. The molecule has 0 bridgehead atoms. The molecule has 102 valence electrons. The Morgan fingerprint density at radius 1 is 1.20 bits per heavy atom. The van der Waals surface area contributed by atoms with Crippen LogP contribution in [0.5, 0.6) is 0 Å². The molecule has 2 N–H and O–H groups in total. The summed E-state index contributed by atoms with van der Waals surface area (Å²) in [6, 6.07) is 12.6. The topological polar surface area (TPSA) is 66.4 Å². The fourth-order valence-corrected chi connectivity index (χ4v) is 1.82. The number of halogens is 1. The zero-order valence-corrected chi connectivity index (χ0v) is 13.0. The van der Waals surface area contributed by atoms with Crippen LogP contribution in [0.1, 0.15) is 12.6 Å². The van der Waals surface area contributed by atoms with Gasteiger partial charge in [0.15, 0.2) is 0 Å². The second-order valence-corrected chi connectivity index (χ2v) is 5.23. The molecular weight excluding hydrogens is 367 g/mol. The van der Waals surface area contributed by atoms with Crippen LogP contribution in [0, 0.1) is 3.57 Å². The smallest absolute Gasteiger partial charge is 0.307 e. The van der Waals surface area contributed by atoms with Crippen LogP contribution in [-0.2, 0) is 0 Å². The molecule has 0 atom stereocenters. The first-order valence-electron chi connectivity index (χ1n) is 5.93. The lowest BCUT2D eigenvalue weighted by atomic mass is 10.3. The Kier molecular flexibility index (Phi) is 5.05. The predicted molar refractivity (Wildman–Crippen MR) is 87.8 cm³/mol. The van der Waals surface area contributed by atoms with Crippen LogP contribution in [0.25, 0.3) is 0 Å². The summed E-state index contributed by atoms with van der Waals surface area (Å²) in [7, 11) is 0. The molecule has 1 aromatic carbocycles. The fourth-order valence-electron chi connectivity index (χ4n) is 1.46. The van der Waals surface area contributed by atoms with Crippen LogP contribution in [0.2, 0.25) is 0 Å². The maximum Gasteiger partial charge on any atom is 0.339 e. The van der Waals surface area contributed by atoms with E-state index in [1.165, 1.54) is 0 Å². The number of pyridine rings is 1. The van der Waals surface area contributed by atoms with E-state index in [1.54, 1.807) is 13.1 Å². The first kappa shape index (κ1) is 14.4. The van der Waals surface area contributed by atoms with Crippen molar-refractivity contribution < 1.29 is 4.79 Å². The lowest BCUT2D eigenvalue weighted by Gasteiger charge is -2.05. The van der Waals surface area contributed by atoms with Crippen molar-refractivity contribution in [1.29, 1.82) is 0 Å². The summed E-state index contributed by atoms with van der Waals surface area (Å²) in [5.74, 6) is 0. The largest absolute Gasteiger partial charge is 0.339 e. The standard InChI is InChI=1S/C14H13IN4O/c1-10(13-4-2-3-9-16-13)18-19-14(20)17-12-7-5-11(15)6-8-12/h2-9H,1H3,(H2,17,19,20)/b18-10+. The SMILES string of the molecule is C/C(=N\NC(=O)Nc1ccc(I)cc1)c1ccccn1. The molecule has 0 fully saturated rings. The maximum absolute atomic E-state index is 11.7. The third-order valence-corrected chi connectivity index (χ3v) is 3.18. The van der Waals surface area contributed by atoms with E-state index in [0.717, 1.165) is 9.26 Å². The molecule has 6 heteroatoms. The highest BCUT2D eigenvalue weighted by Gasteiger charge is 2.02. The van der Waals surface area contributed by atoms with E-state index in [0.29, 0.717) is 11.4 Å². The molecular formula is C14H13IN4O. The lowest BCUT2D eigenvalue weighted by molar-refractivity contribution is 0.252. The van der Waals surface area contributed by atoms with Crippen molar-refractivity contribution in [3.63, 3.8) is 0 Å². The molecule has 2 aromatic rings. The van der Waals surface area contributed by atoms with Crippen LogP contribution >= 0.6 is 22.6 Å². The van der Waals surface area contributed by atoms with Crippen molar-refractivity contribution in [2.24, 2.45) is 5.10 Å². The summed E-state index contributed by atoms with van der Waals surface area (Å²) in [5, 5.41) is 6.69. The lowest BCUT2D eigenvalue weighted by Crippen LogP contribution is -2.25. The highest BCUT2D eigenvalue weighted by Crippen LogP contribution is 2.10. The minimum atomic E-state index is -0.388. The number of hydrogen-bond donors (Lipinski definition) is 2. The summed E-state index contributed by atoms with van der Waals surface area (Å²) < 4.78 is 1.11. The molecule has 0 radical (unpaired) electrons. The third kappa shape index (κ3) is 4.30. The normalized spacial score (nSPS) is 11.0. The molecule has 5 nitrogen and oxygen atoms in total.